The van der Waals surface area contributed by atoms with Gasteiger partial charge >= 0.3 is 0 Å². The molecule has 108 valence electrons. The van der Waals surface area contributed by atoms with E-state index in [2.05, 4.69) is 31.4 Å². The van der Waals surface area contributed by atoms with Crippen LogP contribution < -0.4 is 5.43 Å². The summed E-state index contributed by atoms with van der Waals surface area (Å²) in [5.41, 5.74) is 4.37. The summed E-state index contributed by atoms with van der Waals surface area (Å²) in [6, 6.07) is 7.81. The number of ether oxygens (including phenoxy) is 1. The molecule has 1 aliphatic rings. The molecule has 1 fully saturated rings. The largest absolute Gasteiger partial charge is 0.379 e. The van der Waals surface area contributed by atoms with Crippen molar-refractivity contribution in [1.82, 2.24) is 10.3 Å². The van der Waals surface area contributed by atoms with E-state index in [4.69, 9.17) is 4.74 Å². The Morgan fingerprint density at radius 1 is 1.35 bits per heavy atom. The molecule has 1 heterocycles. The first-order valence-electron chi connectivity index (χ1n) is 6.54. The highest BCUT2D eigenvalue weighted by Crippen LogP contribution is 2.11. The third-order valence-electron chi connectivity index (χ3n) is 3.08. The predicted molar refractivity (Wildman–Crippen MR) is 81.8 cm³/mol. The quantitative estimate of drug-likeness (QED) is 0.670. The number of nitrogens with one attached hydrogen (secondary N) is 1. The van der Waals surface area contributed by atoms with Crippen LogP contribution in [0.5, 0.6) is 0 Å². The van der Waals surface area contributed by atoms with Crippen LogP contribution in [0.4, 0.5) is 0 Å². The number of carbonyl (C=O) groups excluding carboxylic acids is 1. The number of benzene rings is 1. The van der Waals surface area contributed by atoms with Gasteiger partial charge in [-0.25, -0.2) is 5.43 Å². The van der Waals surface area contributed by atoms with Crippen molar-refractivity contribution < 1.29 is 9.53 Å². The van der Waals surface area contributed by atoms with Gasteiger partial charge < -0.3 is 4.74 Å². The highest BCUT2D eigenvalue weighted by atomic mass is 79.9. The SMILES string of the molecule is C/C(=N/NC(=O)CN1CCOCC1)c1ccc(Br)cc1. The molecule has 6 heteroatoms. The Labute approximate surface area is 127 Å². The summed E-state index contributed by atoms with van der Waals surface area (Å²) >= 11 is 3.39. The van der Waals surface area contributed by atoms with E-state index in [1.54, 1.807) is 0 Å². The lowest BCUT2D eigenvalue weighted by Gasteiger charge is -2.25. The molecule has 5 nitrogen and oxygen atoms in total. The maximum Gasteiger partial charge on any atom is 0.254 e. The number of hydrogen-bond acceptors (Lipinski definition) is 4. The first kappa shape index (κ1) is 15.2. The molecule has 1 aromatic rings. The first-order valence-corrected chi connectivity index (χ1v) is 7.33. The molecule has 0 saturated carbocycles. The van der Waals surface area contributed by atoms with Crippen molar-refractivity contribution in [2.45, 2.75) is 6.92 Å². The van der Waals surface area contributed by atoms with E-state index in [9.17, 15) is 4.79 Å². The van der Waals surface area contributed by atoms with Crippen LogP contribution in [-0.2, 0) is 9.53 Å². The second-order valence-corrected chi connectivity index (χ2v) is 5.54. The third kappa shape index (κ3) is 4.70. The molecule has 0 aromatic heterocycles. The number of hydrazone groups is 1. The fourth-order valence-corrected chi connectivity index (χ4v) is 2.16. The molecule has 1 N–H and O–H groups in total. The standard InChI is InChI=1S/C14H18BrN3O2/c1-11(12-2-4-13(15)5-3-12)16-17-14(19)10-18-6-8-20-9-7-18/h2-5H,6-10H2,1H3,(H,17,19)/b16-11-. The number of morpholine rings is 1. The number of rotatable bonds is 4. The maximum absolute atomic E-state index is 11.8. The average molecular weight is 340 g/mol. The molecule has 2 rings (SSSR count). The van der Waals surface area contributed by atoms with Crippen LogP contribution in [0.25, 0.3) is 0 Å². The van der Waals surface area contributed by atoms with Gasteiger partial charge in [0.2, 0.25) is 0 Å². The maximum atomic E-state index is 11.8. The Morgan fingerprint density at radius 3 is 2.65 bits per heavy atom. The molecule has 0 aliphatic carbocycles. The molecule has 0 spiro atoms. The van der Waals surface area contributed by atoms with Crippen molar-refractivity contribution in [3.05, 3.63) is 34.3 Å². The topological polar surface area (TPSA) is 53.9 Å². The summed E-state index contributed by atoms with van der Waals surface area (Å²) in [5.74, 6) is -0.0941. The molecule has 0 bridgehead atoms. The minimum atomic E-state index is -0.0941. The van der Waals surface area contributed by atoms with Crippen LogP contribution in [0.1, 0.15) is 12.5 Å². The second kappa shape index (κ2) is 7.52. The molecule has 0 unspecified atom stereocenters. The van der Waals surface area contributed by atoms with Gasteiger partial charge in [-0.05, 0) is 24.6 Å². The van der Waals surface area contributed by atoms with Crippen molar-refractivity contribution in [2.75, 3.05) is 32.8 Å². The number of amides is 1. The fraction of sp³-hybridized carbons (Fsp3) is 0.429. The van der Waals surface area contributed by atoms with Gasteiger partial charge in [0.1, 0.15) is 0 Å². The van der Waals surface area contributed by atoms with Gasteiger partial charge in [-0.3, -0.25) is 9.69 Å². The van der Waals surface area contributed by atoms with Crippen LogP contribution in [0.3, 0.4) is 0 Å². The summed E-state index contributed by atoms with van der Waals surface area (Å²) in [5, 5.41) is 4.13. The Morgan fingerprint density at radius 2 is 2.00 bits per heavy atom. The summed E-state index contributed by atoms with van der Waals surface area (Å²) in [6.07, 6.45) is 0. The highest BCUT2D eigenvalue weighted by Gasteiger charge is 2.13. The highest BCUT2D eigenvalue weighted by molar-refractivity contribution is 9.10. The molecule has 1 saturated heterocycles. The van der Waals surface area contributed by atoms with Crippen molar-refractivity contribution in [2.24, 2.45) is 5.10 Å². The minimum Gasteiger partial charge on any atom is -0.379 e. The van der Waals surface area contributed by atoms with Crippen molar-refractivity contribution in [3.8, 4) is 0 Å². The van der Waals surface area contributed by atoms with Crippen LogP contribution in [-0.4, -0.2) is 49.4 Å². The van der Waals surface area contributed by atoms with Gasteiger partial charge in [0.25, 0.3) is 5.91 Å². The molecular weight excluding hydrogens is 322 g/mol. The van der Waals surface area contributed by atoms with E-state index in [1.165, 1.54) is 0 Å². The van der Waals surface area contributed by atoms with Gasteiger partial charge in [0.15, 0.2) is 0 Å². The van der Waals surface area contributed by atoms with Gasteiger partial charge in [-0.15, -0.1) is 0 Å². The summed E-state index contributed by atoms with van der Waals surface area (Å²) in [6.45, 7) is 5.20. The van der Waals surface area contributed by atoms with Gasteiger partial charge in [-0.2, -0.15) is 5.10 Å². The van der Waals surface area contributed by atoms with Crippen LogP contribution in [0, 0.1) is 0 Å². The molecule has 0 radical (unpaired) electrons. The van der Waals surface area contributed by atoms with Gasteiger partial charge in [-0.1, -0.05) is 28.1 Å². The lowest BCUT2D eigenvalue weighted by atomic mass is 10.1. The van der Waals surface area contributed by atoms with Crippen LogP contribution >= 0.6 is 15.9 Å². The molecule has 20 heavy (non-hydrogen) atoms. The lowest BCUT2D eigenvalue weighted by Crippen LogP contribution is -2.42. The predicted octanol–water partition coefficient (Wildman–Crippen LogP) is 1.62. The first-order chi connectivity index (χ1) is 9.65. The minimum absolute atomic E-state index is 0.0941. The zero-order chi connectivity index (χ0) is 14.4. The molecular formula is C14H18BrN3O2. The number of nitrogens with zero attached hydrogens (tertiary/aromatic N) is 2. The van der Waals surface area contributed by atoms with Gasteiger partial charge in [0.05, 0.1) is 25.5 Å². The molecule has 0 atom stereocenters. The lowest BCUT2D eigenvalue weighted by molar-refractivity contribution is -0.123. The van der Waals surface area contributed by atoms with Crippen molar-refractivity contribution in [1.29, 1.82) is 0 Å². The van der Waals surface area contributed by atoms with Crippen molar-refractivity contribution in [3.63, 3.8) is 0 Å². The Kier molecular flexibility index (Phi) is 5.70. The Bertz CT molecular complexity index is 482. The fourth-order valence-electron chi connectivity index (χ4n) is 1.90. The zero-order valence-corrected chi connectivity index (χ0v) is 13.0. The summed E-state index contributed by atoms with van der Waals surface area (Å²) < 4.78 is 6.26. The number of hydrogen-bond donors (Lipinski definition) is 1. The third-order valence-corrected chi connectivity index (χ3v) is 3.61. The van der Waals surface area contributed by atoms with E-state index in [0.717, 1.165) is 28.8 Å². The Balaban J connectivity index is 1.84. The van der Waals surface area contributed by atoms with Crippen LogP contribution in [0.15, 0.2) is 33.8 Å². The van der Waals surface area contributed by atoms with Crippen LogP contribution in [0.2, 0.25) is 0 Å². The smallest absolute Gasteiger partial charge is 0.254 e. The van der Waals surface area contributed by atoms with E-state index in [1.807, 2.05) is 31.2 Å². The van der Waals surface area contributed by atoms with Gasteiger partial charge in [0, 0.05) is 17.6 Å². The summed E-state index contributed by atoms with van der Waals surface area (Å²) in [4.78, 5) is 13.9. The van der Waals surface area contributed by atoms with E-state index < -0.39 is 0 Å². The van der Waals surface area contributed by atoms with Crippen molar-refractivity contribution >= 4 is 27.5 Å². The normalized spacial score (nSPS) is 17.0. The second-order valence-electron chi connectivity index (χ2n) is 4.63. The monoisotopic (exact) mass is 339 g/mol. The number of carbonyl (C=O) groups is 1. The number of halogens is 1. The van der Waals surface area contributed by atoms with E-state index in [0.29, 0.717) is 19.8 Å². The molecule has 1 aliphatic heterocycles. The molecule has 1 aromatic carbocycles. The van der Waals surface area contributed by atoms with E-state index >= 15 is 0 Å². The summed E-state index contributed by atoms with van der Waals surface area (Å²) in [7, 11) is 0. The molecule has 1 amide bonds. The average Bonchev–Trinajstić information content (AvgIpc) is 2.46. The Hall–Kier alpha value is -1.24. The van der Waals surface area contributed by atoms with E-state index in [-0.39, 0.29) is 5.91 Å². The zero-order valence-electron chi connectivity index (χ0n) is 11.4.